The third kappa shape index (κ3) is 5.44. The number of hydrogen-bond acceptors (Lipinski definition) is 5. The number of carbonyl (C=O) groups excluding carboxylic acids is 1. The van der Waals surface area contributed by atoms with Gasteiger partial charge in [-0.1, -0.05) is 0 Å². The first-order valence-corrected chi connectivity index (χ1v) is 6.45. The van der Waals surface area contributed by atoms with Gasteiger partial charge in [-0.05, 0) is 32.9 Å². The Hall–Kier alpha value is -1.34. The van der Waals surface area contributed by atoms with Crippen molar-refractivity contribution in [1.82, 2.24) is 9.80 Å². The van der Waals surface area contributed by atoms with E-state index < -0.39 is 18.1 Å². The second-order valence-electron chi connectivity index (χ2n) is 5.21. The van der Waals surface area contributed by atoms with Crippen molar-refractivity contribution >= 4 is 12.1 Å². The van der Waals surface area contributed by atoms with Crippen LogP contribution in [0.25, 0.3) is 0 Å². The van der Waals surface area contributed by atoms with Crippen molar-refractivity contribution < 1.29 is 19.4 Å². The van der Waals surface area contributed by atoms with Crippen molar-refractivity contribution in [2.24, 2.45) is 11.7 Å². The third-order valence-corrected chi connectivity index (χ3v) is 3.20. The minimum Gasteiger partial charge on any atom is -0.480 e. The first-order chi connectivity index (χ1) is 8.90. The SMILES string of the molecule is CN(C)CC1CCN(C(=O)OCC(N)C(=O)O)CC1. The summed E-state index contributed by atoms with van der Waals surface area (Å²) >= 11 is 0. The summed E-state index contributed by atoms with van der Waals surface area (Å²) in [5.41, 5.74) is 5.27. The van der Waals surface area contributed by atoms with Crippen LogP contribution >= 0.6 is 0 Å². The molecule has 0 aromatic rings. The van der Waals surface area contributed by atoms with Crippen LogP contribution in [0.1, 0.15) is 12.8 Å². The zero-order valence-electron chi connectivity index (χ0n) is 11.5. The van der Waals surface area contributed by atoms with E-state index in [0.29, 0.717) is 19.0 Å². The largest absolute Gasteiger partial charge is 0.480 e. The average Bonchev–Trinajstić information content (AvgIpc) is 2.35. The summed E-state index contributed by atoms with van der Waals surface area (Å²) in [6.07, 6.45) is 1.41. The fraction of sp³-hybridized carbons (Fsp3) is 0.833. The molecule has 1 aliphatic rings. The smallest absolute Gasteiger partial charge is 0.409 e. The monoisotopic (exact) mass is 273 g/mol. The van der Waals surface area contributed by atoms with Crippen LogP contribution in [-0.4, -0.2) is 73.3 Å². The Labute approximate surface area is 113 Å². The molecule has 7 heteroatoms. The van der Waals surface area contributed by atoms with E-state index >= 15 is 0 Å². The molecule has 1 atom stereocenters. The normalized spacial score (nSPS) is 18.4. The van der Waals surface area contributed by atoms with Crippen molar-refractivity contribution in [3.05, 3.63) is 0 Å². The van der Waals surface area contributed by atoms with Crippen LogP contribution in [0.5, 0.6) is 0 Å². The van der Waals surface area contributed by atoms with Crippen molar-refractivity contribution in [2.45, 2.75) is 18.9 Å². The van der Waals surface area contributed by atoms with Crippen LogP contribution < -0.4 is 5.73 Å². The van der Waals surface area contributed by atoms with E-state index in [-0.39, 0.29) is 6.61 Å². The van der Waals surface area contributed by atoms with E-state index in [2.05, 4.69) is 4.90 Å². The number of likely N-dealkylation sites (tertiary alicyclic amines) is 1. The quantitative estimate of drug-likeness (QED) is 0.720. The Morgan fingerprint density at radius 3 is 2.47 bits per heavy atom. The molecule has 0 aromatic heterocycles. The summed E-state index contributed by atoms with van der Waals surface area (Å²) in [6.45, 7) is 2.04. The molecular weight excluding hydrogens is 250 g/mol. The molecule has 1 saturated heterocycles. The van der Waals surface area contributed by atoms with Gasteiger partial charge in [0.15, 0.2) is 0 Å². The number of rotatable bonds is 5. The third-order valence-electron chi connectivity index (χ3n) is 3.20. The molecule has 1 rings (SSSR count). The fourth-order valence-electron chi connectivity index (χ4n) is 2.14. The van der Waals surface area contributed by atoms with Gasteiger partial charge in [0.05, 0.1) is 0 Å². The number of nitrogens with two attached hydrogens (primary N) is 1. The van der Waals surface area contributed by atoms with Crippen molar-refractivity contribution in [3.8, 4) is 0 Å². The Kier molecular flexibility index (Phi) is 6.04. The summed E-state index contributed by atoms with van der Waals surface area (Å²) in [4.78, 5) is 26.0. The topological polar surface area (TPSA) is 96.1 Å². The summed E-state index contributed by atoms with van der Waals surface area (Å²) in [6, 6.07) is -1.16. The highest BCUT2D eigenvalue weighted by Gasteiger charge is 2.25. The van der Waals surface area contributed by atoms with Gasteiger partial charge in [-0.15, -0.1) is 0 Å². The lowest BCUT2D eigenvalue weighted by atomic mass is 9.97. The van der Waals surface area contributed by atoms with Gasteiger partial charge >= 0.3 is 12.1 Å². The minimum atomic E-state index is -1.17. The lowest BCUT2D eigenvalue weighted by molar-refractivity contribution is -0.139. The number of carboxylic acids is 1. The highest BCUT2D eigenvalue weighted by atomic mass is 16.6. The molecule has 3 N–H and O–H groups in total. The van der Waals surface area contributed by atoms with E-state index in [0.717, 1.165) is 19.4 Å². The van der Waals surface area contributed by atoms with Crippen LogP contribution in [0, 0.1) is 5.92 Å². The molecule has 110 valence electrons. The van der Waals surface area contributed by atoms with E-state index in [1.165, 1.54) is 0 Å². The lowest BCUT2D eigenvalue weighted by Crippen LogP contribution is -2.43. The number of aliphatic carboxylic acids is 1. The average molecular weight is 273 g/mol. The Morgan fingerprint density at radius 2 is 2.00 bits per heavy atom. The number of amides is 1. The van der Waals surface area contributed by atoms with E-state index in [9.17, 15) is 9.59 Å². The maximum atomic E-state index is 11.7. The number of hydrogen-bond donors (Lipinski definition) is 2. The summed E-state index contributed by atoms with van der Waals surface area (Å²) < 4.78 is 4.89. The van der Waals surface area contributed by atoms with Crippen LogP contribution in [0.2, 0.25) is 0 Å². The molecule has 0 bridgehead atoms. The van der Waals surface area contributed by atoms with Gasteiger partial charge in [-0.3, -0.25) is 4.79 Å². The molecule has 0 aromatic carbocycles. The van der Waals surface area contributed by atoms with Gasteiger partial charge in [-0.25, -0.2) is 4.79 Å². The second kappa shape index (κ2) is 7.30. The van der Waals surface area contributed by atoms with Gasteiger partial charge in [0.1, 0.15) is 12.6 Å². The molecule has 0 saturated carbocycles. The van der Waals surface area contributed by atoms with Gasteiger partial charge in [0.2, 0.25) is 0 Å². The summed E-state index contributed by atoms with van der Waals surface area (Å²) in [5.74, 6) is -0.571. The molecule has 1 fully saturated rings. The van der Waals surface area contributed by atoms with Crippen molar-refractivity contribution in [3.63, 3.8) is 0 Å². The summed E-state index contributed by atoms with van der Waals surface area (Å²) in [7, 11) is 4.07. The van der Waals surface area contributed by atoms with Gasteiger partial charge in [0.25, 0.3) is 0 Å². The molecule has 1 amide bonds. The lowest BCUT2D eigenvalue weighted by Gasteiger charge is -2.32. The predicted octanol–water partition coefficient (Wildman–Crippen LogP) is -0.191. The van der Waals surface area contributed by atoms with Gasteiger partial charge in [0, 0.05) is 19.6 Å². The Balaban J connectivity index is 2.27. The number of ether oxygens (including phenoxy) is 1. The van der Waals surface area contributed by atoms with E-state index in [1.807, 2.05) is 14.1 Å². The predicted molar refractivity (Wildman–Crippen MR) is 69.8 cm³/mol. The Morgan fingerprint density at radius 1 is 1.42 bits per heavy atom. The Bertz CT molecular complexity index is 314. The minimum absolute atomic E-state index is 0.286. The highest BCUT2D eigenvalue weighted by Crippen LogP contribution is 2.18. The van der Waals surface area contributed by atoms with Crippen LogP contribution in [0.4, 0.5) is 4.79 Å². The van der Waals surface area contributed by atoms with E-state index in [1.54, 1.807) is 4.90 Å². The maximum Gasteiger partial charge on any atom is 0.409 e. The number of piperidine rings is 1. The van der Waals surface area contributed by atoms with Gasteiger partial charge < -0.3 is 25.4 Å². The first-order valence-electron chi connectivity index (χ1n) is 6.45. The summed E-state index contributed by atoms with van der Waals surface area (Å²) in [5, 5.41) is 8.59. The number of carbonyl (C=O) groups is 2. The maximum absolute atomic E-state index is 11.7. The van der Waals surface area contributed by atoms with Gasteiger partial charge in [-0.2, -0.15) is 0 Å². The molecule has 7 nitrogen and oxygen atoms in total. The van der Waals surface area contributed by atoms with Crippen molar-refractivity contribution in [1.29, 1.82) is 0 Å². The molecule has 1 unspecified atom stereocenters. The number of nitrogens with zero attached hydrogens (tertiary/aromatic N) is 2. The standard InChI is InChI=1S/C12H23N3O4/c1-14(2)7-9-3-5-15(6-4-9)12(18)19-8-10(13)11(16)17/h9-10H,3-8,13H2,1-2H3,(H,16,17). The second-order valence-corrected chi connectivity index (χ2v) is 5.21. The van der Waals surface area contributed by atoms with Crippen molar-refractivity contribution in [2.75, 3.05) is 40.3 Å². The zero-order valence-corrected chi connectivity index (χ0v) is 11.5. The fourth-order valence-corrected chi connectivity index (χ4v) is 2.14. The molecular formula is C12H23N3O4. The highest BCUT2D eigenvalue weighted by molar-refractivity contribution is 5.74. The molecule has 0 spiro atoms. The molecule has 1 heterocycles. The van der Waals surface area contributed by atoms with Crippen LogP contribution in [0.3, 0.4) is 0 Å². The van der Waals surface area contributed by atoms with E-state index in [4.69, 9.17) is 15.6 Å². The molecule has 19 heavy (non-hydrogen) atoms. The molecule has 1 aliphatic heterocycles. The number of carboxylic acid groups (broad SMARTS) is 1. The van der Waals surface area contributed by atoms with Crippen LogP contribution in [0.15, 0.2) is 0 Å². The molecule has 0 radical (unpaired) electrons. The first kappa shape index (κ1) is 15.7. The zero-order chi connectivity index (χ0) is 14.4. The van der Waals surface area contributed by atoms with Crippen LogP contribution in [-0.2, 0) is 9.53 Å². The molecule has 0 aliphatic carbocycles.